The van der Waals surface area contributed by atoms with Crippen LogP contribution in [0.3, 0.4) is 0 Å². The van der Waals surface area contributed by atoms with E-state index in [1.54, 1.807) is 20.4 Å². The van der Waals surface area contributed by atoms with Crippen molar-refractivity contribution in [2.75, 3.05) is 20.7 Å². The molecule has 2 aromatic heterocycles. The highest BCUT2D eigenvalue weighted by Gasteiger charge is 2.18. The maximum absolute atomic E-state index is 6.28. The minimum absolute atomic E-state index is 0. The van der Waals surface area contributed by atoms with Gasteiger partial charge in [0.2, 0.25) is 5.82 Å². The molecule has 0 radical (unpaired) electrons. The first-order valence-corrected chi connectivity index (χ1v) is 11.0. The molecule has 10 heteroatoms. The largest absolute Gasteiger partial charge is 0.497 e. The Balaban J connectivity index is 0.00000306. The molecule has 1 fully saturated rings. The standard InChI is InChI=1S/C23H30N6O3.HI/c1-24-23(25-12-11-21-27-22(29-28-21)19-8-5-13-31-19)26-15-16-9-10-18(30-2)14-20(16)32-17-6-3-4-7-17;/h5,8-10,13-14,17H,3-4,6-7,11-12,15H2,1-2H3,(H2,24,25,26)(H,27,28,29);1H. The maximum atomic E-state index is 6.28. The number of nitrogens with zero attached hydrogens (tertiary/aromatic N) is 3. The first-order valence-electron chi connectivity index (χ1n) is 11.0. The lowest BCUT2D eigenvalue weighted by atomic mass is 10.2. The van der Waals surface area contributed by atoms with Gasteiger partial charge in [-0.25, -0.2) is 4.98 Å². The highest BCUT2D eigenvalue weighted by atomic mass is 127. The Bertz CT molecular complexity index is 1020. The maximum Gasteiger partial charge on any atom is 0.216 e. The van der Waals surface area contributed by atoms with Crippen LogP contribution in [0.2, 0.25) is 0 Å². The molecular weight excluding hydrogens is 535 g/mol. The van der Waals surface area contributed by atoms with E-state index in [1.807, 2.05) is 30.3 Å². The molecule has 1 aliphatic rings. The van der Waals surface area contributed by atoms with E-state index >= 15 is 0 Å². The number of rotatable bonds is 9. The Morgan fingerprint density at radius 3 is 2.82 bits per heavy atom. The van der Waals surface area contributed by atoms with Crippen molar-refractivity contribution in [1.82, 2.24) is 25.8 Å². The van der Waals surface area contributed by atoms with Crippen molar-refractivity contribution >= 4 is 29.9 Å². The predicted octanol–water partition coefficient (Wildman–Crippen LogP) is 3.92. The number of hydrogen-bond acceptors (Lipinski definition) is 6. The van der Waals surface area contributed by atoms with E-state index in [9.17, 15) is 0 Å². The summed E-state index contributed by atoms with van der Waals surface area (Å²) < 4.78 is 17.0. The van der Waals surface area contributed by atoms with Gasteiger partial charge in [-0.05, 0) is 49.9 Å². The average molecular weight is 566 g/mol. The number of H-pyrrole nitrogens is 1. The number of nitrogens with one attached hydrogen (secondary N) is 3. The van der Waals surface area contributed by atoms with Crippen LogP contribution in [0, 0.1) is 0 Å². The molecule has 1 aromatic carbocycles. The van der Waals surface area contributed by atoms with Crippen LogP contribution in [0.4, 0.5) is 0 Å². The highest BCUT2D eigenvalue weighted by molar-refractivity contribution is 14.0. The van der Waals surface area contributed by atoms with Gasteiger partial charge in [0.15, 0.2) is 11.7 Å². The first kappa shape index (κ1) is 24.9. The van der Waals surface area contributed by atoms with E-state index in [1.165, 1.54) is 12.8 Å². The first-order chi connectivity index (χ1) is 15.7. The van der Waals surface area contributed by atoms with Crippen molar-refractivity contribution in [3.8, 4) is 23.1 Å². The van der Waals surface area contributed by atoms with E-state index in [4.69, 9.17) is 13.9 Å². The highest BCUT2D eigenvalue weighted by Crippen LogP contribution is 2.30. The third-order valence-electron chi connectivity index (χ3n) is 5.47. The van der Waals surface area contributed by atoms with E-state index < -0.39 is 0 Å². The van der Waals surface area contributed by atoms with Crippen molar-refractivity contribution in [2.45, 2.75) is 44.8 Å². The SMILES string of the molecule is CN=C(NCCc1nc(-c2ccco2)n[nH]1)NCc1ccc(OC)cc1OC1CCCC1.I. The molecule has 4 rings (SSSR count). The molecule has 0 bridgehead atoms. The number of guanidine groups is 1. The quantitative estimate of drug-likeness (QED) is 0.205. The molecule has 33 heavy (non-hydrogen) atoms. The van der Waals surface area contributed by atoms with Crippen molar-refractivity contribution in [3.63, 3.8) is 0 Å². The summed E-state index contributed by atoms with van der Waals surface area (Å²) in [4.78, 5) is 8.77. The molecule has 1 aliphatic carbocycles. The fourth-order valence-electron chi connectivity index (χ4n) is 3.73. The summed E-state index contributed by atoms with van der Waals surface area (Å²) in [6, 6.07) is 9.60. The Morgan fingerprint density at radius 2 is 2.09 bits per heavy atom. The van der Waals surface area contributed by atoms with Crippen LogP contribution in [0.25, 0.3) is 11.6 Å². The third kappa shape index (κ3) is 6.86. The minimum Gasteiger partial charge on any atom is -0.497 e. The van der Waals surface area contributed by atoms with Gasteiger partial charge in [-0.15, -0.1) is 24.0 Å². The van der Waals surface area contributed by atoms with Gasteiger partial charge in [-0.2, -0.15) is 5.10 Å². The Kier molecular flexibility index (Phi) is 9.40. The minimum atomic E-state index is 0. The molecule has 1 saturated carbocycles. The number of halogens is 1. The van der Waals surface area contributed by atoms with Crippen LogP contribution in [0.15, 0.2) is 46.0 Å². The van der Waals surface area contributed by atoms with E-state index in [-0.39, 0.29) is 30.1 Å². The van der Waals surface area contributed by atoms with Crippen LogP contribution >= 0.6 is 24.0 Å². The fourth-order valence-corrected chi connectivity index (χ4v) is 3.73. The predicted molar refractivity (Wildman–Crippen MR) is 137 cm³/mol. The lowest BCUT2D eigenvalue weighted by molar-refractivity contribution is 0.207. The van der Waals surface area contributed by atoms with Crippen LogP contribution in [0.1, 0.15) is 37.1 Å². The number of aromatic amines is 1. The van der Waals surface area contributed by atoms with Gasteiger partial charge < -0.3 is 24.5 Å². The van der Waals surface area contributed by atoms with Crippen molar-refractivity contribution in [3.05, 3.63) is 48.0 Å². The second-order valence-corrected chi connectivity index (χ2v) is 7.68. The second-order valence-electron chi connectivity index (χ2n) is 7.68. The molecule has 0 atom stereocenters. The zero-order valence-corrected chi connectivity index (χ0v) is 21.3. The number of hydrogen-bond donors (Lipinski definition) is 3. The Labute approximate surface area is 210 Å². The smallest absolute Gasteiger partial charge is 0.216 e. The number of methoxy groups -OCH3 is 1. The number of benzene rings is 1. The molecule has 178 valence electrons. The number of ether oxygens (including phenoxy) is 2. The van der Waals surface area contributed by atoms with Crippen molar-refractivity contribution in [2.24, 2.45) is 4.99 Å². The van der Waals surface area contributed by atoms with E-state index in [2.05, 4.69) is 30.8 Å². The molecular formula is C23H31IN6O3. The van der Waals surface area contributed by atoms with E-state index in [0.29, 0.717) is 37.1 Å². The lowest BCUT2D eigenvalue weighted by Gasteiger charge is -2.18. The summed E-state index contributed by atoms with van der Waals surface area (Å²) >= 11 is 0. The third-order valence-corrected chi connectivity index (χ3v) is 5.47. The molecule has 0 amide bonds. The summed E-state index contributed by atoms with van der Waals surface area (Å²) in [5, 5.41) is 13.8. The molecule has 3 N–H and O–H groups in total. The average Bonchev–Trinajstić information content (AvgIpc) is 3.59. The zero-order valence-electron chi connectivity index (χ0n) is 19.0. The van der Waals surface area contributed by atoms with Crippen molar-refractivity contribution in [1.29, 1.82) is 0 Å². The van der Waals surface area contributed by atoms with Crippen LogP contribution in [-0.4, -0.2) is 47.9 Å². The van der Waals surface area contributed by atoms with Gasteiger partial charge in [0.25, 0.3) is 0 Å². The topological polar surface area (TPSA) is 110 Å². The van der Waals surface area contributed by atoms with Gasteiger partial charge in [0.05, 0.1) is 19.5 Å². The number of furan rings is 1. The second kappa shape index (κ2) is 12.5. The molecule has 3 aromatic rings. The molecule has 0 unspecified atom stereocenters. The zero-order chi connectivity index (χ0) is 22.2. The molecule has 0 aliphatic heterocycles. The van der Waals surface area contributed by atoms with Gasteiger partial charge in [-0.3, -0.25) is 10.1 Å². The van der Waals surface area contributed by atoms with Crippen LogP contribution in [0.5, 0.6) is 11.5 Å². The molecule has 9 nitrogen and oxygen atoms in total. The van der Waals surface area contributed by atoms with Gasteiger partial charge in [-0.1, -0.05) is 0 Å². The Hall–Kier alpha value is -2.76. The summed E-state index contributed by atoms with van der Waals surface area (Å²) in [5.41, 5.74) is 1.07. The summed E-state index contributed by atoms with van der Waals surface area (Å²) in [6.07, 6.45) is 7.24. The number of aromatic nitrogens is 3. The van der Waals surface area contributed by atoms with Crippen molar-refractivity contribution < 1.29 is 13.9 Å². The molecule has 0 saturated heterocycles. The summed E-state index contributed by atoms with van der Waals surface area (Å²) in [5.74, 6) is 4.35. The Morgan fingerprint density at radius 1 is 1.24 bits per heavy atom. The van der Waals surface area contributed by atoms with E-state index in [0.717, 1.165) is 35.7 Å². The van der Waals surface area contributed by atoms with Crippen LogP contribution in [-0.2, 0) is 13.0 Å². The summed E-state index contributed by atoms with van der Waals surface area (Å²) in [7, 11) is 3.42. The number of aliphatic imine (C=N–C) groups is 1. The van der Waals surface area contributed by atoms with Gasteiger partial charge >= 0.3 is 0 Å². The fraction of sp³-hybridized carbons (Fsp3) is 0.435. The van der Waals surface area contributed by atoms with Crippen LogP contribution < -0.4 is 20.1 Å². The molecule has 0 spiro atoms. The molecule has 2 heterocycles. The normalized spacial score (nSPS) is 14.1. The van der Waals surface area contributed by atoms with Gasteiger partial charge in [0, 0.05) is 38.2 Å². The monoisotopic (exact) mass is 566 g/mol. The summed E-state index contributed by atoms with van der Waals surface area (Å²) in [6.45, 7) is 1.25. The lowest BCUT2D eigenvalue weighted by Crippen LogP contribution is -2.38. The van der Waals surface area contributed by atoms with Gasteiger partial charge in [0.1, 0.15) is 17.3 Å².